The molecule has 0 atom stereocenters. The van der Waals surface area contributed by atoms with E-state index in [1.807, 2.05) is 0 Å². The summed E-state index contributed by atoms with van der Waals surface area (Å²) in [6, 6.07) is 0. The van der Waals surface area contributed by atoms with Crippen LogP contribution in [0.5, 0.6) is 0 Å². The van der Waals surface area contributed by atoms with Gasteiger partial charge in [0.25, 0.3) is 0 Å². The Balaban J connectivity index is 5.11. The van der Waals surface area contributed by atoms with Gasteiger partial charge in [-0.1, -0.05) is 0 Å². The molecule has 0 aliphatic carbocycles. The number of hydrogen-bond donors (Lipinski definition) is 0. The maximum Gasteiger partial charge on any atom is 0.235 e. The van der Waals surface area contributed by atoms with E-state index in [4.69, 9.17) is 0 Å². The highest BCUT2D eigenvalue weighted by molar-refractivity contribution is 9.42. The molecule has 0 aliphatic rings. The first kappa shape index (κ1) is 12.4. The molecular formula is C5H9Br3O2S. The van der Waals surface area contributed by atoms with Crippen molar-refractivity contribution in [2.24, 2.45) is 0 Å². The van der Waals surface area contributed by atoms with Crippen LogP contribution >= 0.6 is 47.8 Å². The van der Waals surface area contributed by atoms with Crippen LogP contribution in [0.25, 0.3) is 0 Å². The number of sulfone groups is 1. The van der Waals surface area contributed by atoms with Crippen molar-refractivity contribution >= 4 is 57.6 Å². The molecular weight excluding hydrogens is 364 g/mol. The second-order valence-corrected chi connectivity index (χ2v) is 14.2. The Hall–Kier alpha value is 1.39. The molecule has 0 aromatic carbocycles. The zero-order valence-corrected chi connectivity index (χ0v) is 11.9. The largest absolute Gasteiger partial charge is 0.235 e. The van der Waals surface area contributed by atoms with Gasteiger partial charge in [-0.2, -0.15) is 0 Å². The molecule has 68 valence electrons. The van der Waals surface area contributed by atoms with Gasteiger partial charge in [0.05, 0.1) is 4.75 Å². The molecule has 6 heteroatoms. The van der Waals surface area contributed by atoms with Gasteiger partial charge >= 0.3 is 0 Å². The van der Waals surface area contributed by atoms with E-state index in [0.29, 0.717) is 0 Å². The summed E-state index contributed by atoms with van der Waals surface area (Å²) in [7, 11) is -3.26. The molecule has 0 saturated carbocycles. The van der Waals surface area contributed by atoms with E-state index >= 15 is 0 Å². The molecule has 0 rings (SSSR count). The Morgan fingerprint density at radius 2 is 1.27 bits per heavy atom. The molecule has 0 unspecified atom stereocenters. The summed E-state index contributed by atoms with van der Waals surface area (Å²) in [5, 5.41) is 0. The van der Waals surface area contributed by atoms with E-state index in [2.05, 4.69) is 47.8 Å². The average molecular weight is 373 g/mol. The van der Waals surface area contributed by atoms with Gasteiger partial charge in [-0.15, -0.1) is 0 Å². The summed E-state index contributed by atoms with van der Waals surface area (Å²) in [5.74, 6) is 0. The van der Waals surface area contributed by atoms with Crippen LogP contribution in [0.3, 0.4) is 0 Å². The Morgan fingerprint density at radius 1 is 1.00 bits per heavy atom. The van der Waals surface area contributed by atoms with Crippen LogP contribution in [0, 0.1) is 0 Å². The molecule has 0 N–H and O–H groups in total. The fraction of sp³-hybridized carbons (Fsp3) is 1.00. The number of rotatable bonds is 0. The van der Waals surface area contributed by atoms with Crippen molar-refractivity contribution < 1.29 is 8.42 Å². The van der Waals surface area contributed by atoms with Crippen LogP contribution in [-0.4, -0.2) is 14.6 Å². The van der Waals surface area contributed by atoms with E-state index in [1.165, 1.54) is 0 Å². The van der Waals surface area contributed by atoms with Crippen molar-refractivity contribution in [3.63, 3.8) is 0 Å². The molecule has 0 fully saturated rings. The molecule has 0 bridgehead atoms. The minimum atomic E-state index is -3.26. The second kappa shape index (κ2) is 3.27. The van der Waals surface area contributed by atoms with Gasteiger partial charge in [0.1, 0.15) is 0 Å². The van der Waals surface area contributed by atoms with Crippen molar-refractivity contribution in [3.8, 4) is 0 Å². The van der Waals surface area contributed by atoms with E-state index in [0.717, 1.165) is 0 Å². The molecule has 11 heavy (non-hydrogen) atoms. The van der Waals surface area contributed by atoms with Gasteiger partial charge in [-0.25, -0.2) is 8.42 Å². The smallest absolute Gasteiger partial charge is 0.225 e. The van der Waals surface area contributed by atoms with Crippen LogP contribution in [0.4, 0.5) is 0 Å². The van der Waals surface area contributed by atoms with Crippen LogP contribution in [0.15, 0.2) is 0 Å². The first-order valence-corrected chi connectivity index (χ1v) is 6.67. The maximum atomic E-state index is 11.5. The molecule has 0 saturated heterocycles. The third-order valence-electron chi connectivity index (χ3n) is 1.11. The molecule has 2 nitrogen and oxygen atoms in total. The summed E-state index contributed by atoms with van der Waals surface area (Å²) in [6.07, 6.45) is 0. The van der Waals surface area contributed by atoms with Crippen molar-refractivity contribution in [2.45, 2.75) is 27.0 Å². The highest BCUT2D eigenvalue weighted by atomic mass is 80.0. The Labute approximate surface area is 92.4 Å². The monoisotopic (exact) mass is 370 g/mol. The van der Waals surface area contributed by atoms with Gasteiger partial charge < -0.3 is 0 Å². The van der Waals surface area contributed by atoms with E-state index in [1.54, 1.807) is 20.8 Å². The fourth-order valence-corrected chi connectivity index (χ4v) is 5.41. The van der Waals surface area contributed by atoms with E-state index in [9.17, 15) is 8.42 Å². The van der Waals surface area contributed by atoms with Crippen molar-refractivity contribution in [3.05, 3.63) is 0 Å². The number of hydrogen-bond acceptors (Lipinski definition) is 2. The van der Waals surface area contributed by atoms with Crippen molar-refractivity contribution in [1.82, 2.24) is 0 Å². The molecule has 0 aromatic rings. The quantitative estimate of drug-likeness (QED) is 0.612. The predicted molar refractivity (Wildman–Crippen MR) is 58.2 cm³/mol. The Kier molecular flexibility index (Phi) is 3.68. The third-order valence-corrected chi connectivity index (χ3v) is 7.17. The molecule has 0 spiro atoms. The molecule has 0 amide bonds. The highest BCUT2D eigenvalue weighted by Crippen LogP contribution is 2.44. The van der Waals surface area contributed by atoms with Gasteiger partial charge in [0.2, 0.25) is 1.47 Å². The van der Waals surface area contributed by atoms with E-state index < -0.39 is 16.1 Å². The molecule has 0 aliphatic heterocycles. The minimum absolute atomic E-state index is 0.788. The van der Waals surface area contributed by atoms with E-state index in [-0.39, 0.29) is 0 Å². The average Bonchev–Trinajstić information content (AvgIpc) is 1.58. The summed E-state index contributed by atoms with van der Waals surface area (Å²) in [5.41, 5.74) is 0. The summed E-state index contributed by atoms with van der Waals surface area (Å²) in [4.78, 5) is 0. The van der Waals surface area contributed by atoms with Gasteiger partial charge in [-0.05, 0) is 68.6 Å². The zero-order valence-electron chi connectivity index (χ0n) is 6.36. The van der Waals surface area contributed by atoms with Gasteiger partial charge in [0, 0.05) is 0 Å². The Bertz CT molecular complexity index is 211. The first-order chi connectivity index (χ1) is 4.50. The normalized spacial score (nSPS) is 15.1. The number of alkyl halides is 3. The number of halogens is 3. The maximum absolute atomic E-state index is 11.5. The lowest BCUT2D eigenvalue weighted by atomic mass is 10.3. The first-order valence-electron chi connectivity index (χ1n) is 2.81. The summed E-state index contributed by atoms with van der Waals surface area (Å²) >= 11 is 8.94. The van der Waals surface area contributed by atoms with Crippen LogP contribution in [-0.2, 0) is 9.84 Å². The van der Waals surface area contributed by atoms with Crippen molar-refractivity contribution in [2.75, 3.05) is 0 Å². The van der Waals surface area contributed by atoms with Crippen LogP contribution in [0.2, 0.25) is 0 Å². The SMILES string of the molecule is CC(C)(C)S(=O)(=O)C(Br)(Br)Br. The lowest BCUT2D eigenvalue weighted by molar-refractivity contribution is 0.563. The van der Waals surface area contributed by atoms with Crippen LogP contribution < -0.4 is 0 Å². The van der Waals surface area contributed by atoms with Gasteiger partial charge in [0.15, 0.2) is 9.84 Å². The Morgan fingerprint density at radius 3 is 1.27 bits per heavy atom. The van der Waals surface area contributed by atoms with Crippen molar-refractivity contribution in [1.29, 1.82) is 0 Å². The predicted octanol–water partition coefficient (Wildman–Crippen LogP) is 3.00. The lowest BCUT2D eigenvalue weighted by Gasteiger charge is -2.25. The highest BCUT2D eigenvalue weighted by Gasteiger charge is 2.44. The standard InChI is InChI=1S/C5H9Br3O2S/c1-4(2,3)11(9,10)5(6,7)8/h1-3H3. The molecule has 0 aromatic heterocycles. The minimum Gasteiger partial charge on any atom is -0.225 e. The summed E-state index contributed by atoms with van der Waals surface area (Å²) in [6.45, 7) is 4.92. The molecule has 0 radical (unpaired) electrons. The fourth-order valence-electron chi connectivity index (χ4n) is 0.347. The lowest BCUT2D eigenvalue weighted by Crippen LogP contribution is -2.36. The second-order valence-electron chi connectivity index (χ2n) is 3.06. The van der Waals surface area contributed by atoms with Gasteiger partial charge in [-0.3, -0.25) is 0 Å². The topological polar surface area (TPSA) is 34.1 Å². The van der Waals surface area contributed by atoms with Crippen LogP contribution in [0.1, 0.15) is 20.8 Å². The molecule has 0 heterocycles. The summed E-state index contributed by atoms with van der Waals surface area (Å²) < 4.78 is 21.1. The third kappa shape index (κ3) is 2.67. The zero-order chi connectivity index (χ0) is 9.50.